The lowest BCUT2D eigenvalue weighted by atomic mass is 10.0. The highest BCUT2D eigenvalue weighted by Crippen LogP contribution is 2.25. The Morgan fingerprint density at radius 2 is 1.59 bits per heavy atom. The molecule has 0 fully saturated rings. The van der Waals surface area contributed by atoms with Crippen molar-refractivity contribution in [3.8, 4) is 11.1 Å². The zero-order chi connectivity index (χ0) is 18.6. The van der Waals surface area contributed by atoms with E-state index >= 15 is 0 Å². The zero-order valence-electron chi connectivity index (χ0n) is 15.8. The predicted molar refractivity (Wildman–Crippen MR) is 110 cm³/mol. The Hall–Kier alpha value is -2.98. The van der Waals surface area contributed by atoms with Crippen LogP contribution >= 0.6 is 0 Å². The Bertz CT molecular complexity index is 1020. The van der Waals surface area contributed by atoms with Crippen LogP contribution in [0.3, 0.4) is 0 Å². The van der Waals surface area contributed by atoms with Crippen molar-refractivity contribution in [2.45, 2.75) is 19.4 Å². The minimum absolute atomic E-state index is 0.918. The summed E-state index contributed by atoms with van der Waals surface area (Å²) in [6.07, 6.45) is 3.78. The van der Waals surface area contributed by atoms with Gasteiger partial charge in [-0.25, -0.2) is 0 Å². The van der Waals surface area contributed by atoms with E-state index in [0.717, 1.165) is 30.6 Å². The van der Waals surface area contributed by atoms with Gasteiger partial charge in [0.15, 0.2) is 5.65 Å². The molecule has 0 saturated heterocycles. The Morgan fingerprint density at radius 1 is 0.815 bits per heavy atom. The molecule has 2 aromatic heterocycles. The number of fused-ring (bicyclic) bond motifs is 1. The number of aromatic nitrogens is 3. The van der Waals surface area contributed by atoms with E-state index in [4.69, 9.17) is 0 Å². The van der Waals surface area contributed by atoms with Gasteiger partial charge in [-0.15, -0.1) is 10.2 Å². The Labute approximate surface area is 160 Å². The molecule has 4 aromatic rings. The molecule has 0 unspecified atom stereocenters. The molecule has 0 N–H and O–H groups in total. The Morgan fingerprint density at radius 3 is 2.33 bits per heavy atom. The molecule has 136 valence electrons. The standard InChI is InChI=1S/C23H24N4/c1-26(2)16-19-8-11-20(12-9-19)22-15-14-21(27-17-24-25-23(22)27)13-10-18-6-4-3-5-7-18/h3-9,11-12,14-15,17H,10,13,16H2,1-2H3. The lowest BCUT2D eigenvalue weighted by Crippen LogP contribution is -2.10. The molecule has 0 aliphatic heterocycles. The summed E-state index contributed by atoms with van der Waals surface area (Å²) >= 11 is 0. The molecule has 0 spiro atoms. The van der Waals surface area contributed by atoms with Gasteiger partial charge in [0, 0.05) is 17.8 Å². The number of aryl methyl sites for hydroxylation is 2. The predicted octanol–water partition coefficient (Wildman–Crippen LogP) is 4.24. The van der Waals surface area contributed by atoms with E-state index in [9.17, 15) is 0 Å². The van der Waals surface area contributed by atoms with Crippen molar-refractivity contribution in [2.75, 3.05) is 14.1 Å². The van der Waals surface area contributed by atoms with E-state index in [2.05, 4.69) is 100 Å². The third-order valence-corrected chi connectivity index (χ3v) is 4.82. The summed E-state index contributed by atoms with van der Waals surface area (Å²) in [7, 11) is 4.17. The zero-order valence-corrected chi connectivity index (χ0v) is 15.8. The highest BCUT2D eigenvalue weighted by molar-refractivity contribution is 5.77. The van der Waals surface area contributed by atoms with Crippen LogP contribution in [0, 0.1) is 0 Å². The summed E-state index contributed by atoms with van der Waals surface area (Å²) in [6, 6.07) is 23.7. The number of hydrogen-bond donors (Lipinski definition) is 0. The first kappa shape index (κ1) is 17.4. The largest absolute Gasteiger partial charge is 0.305 e. The van der Waals surface area contributed by atoms with Crippen molar-refractivity contribution in [3.05, 3.63) is 89.9 Å². The third kappa shape index (κ3) is 3.91. The molecular formula is C23H24N4. The van der Waals surface area contributed by atoms with Crippen LogP contribution in [0.5, 0.6) is 0 Å². The lowest BCUT2D eigenvalue weighted by molar-refractivity contribution is 0.402. The molecule has 0 amide bonds. The molecule has 0 saturated carbocycles. The highest BCUT2D eigenvalue weighted by Gasteiger charge is 2.10. The van der Waals surface area contributed by atoms with Crippen molar-refractivity contribution in [1.29, 1.82) is 0 Å². The van der Waals surface area contributed by atoms with Crippen molar-refractivity contribution in [3.63, 3.8) is 0 Å². The summed E-state index contributed by atoms with van der Waals surface area (Å²) in [5.41, 5.74) is 7.09. The van der Waals surface area contributed by atoms with Crippen molar-refractivity contribution >= 4 is 5.65 Å². The molecule has 4 rings (SSSR count). The maximum Gasteiger partial charge on any atom is 0.168 e. The number of nitrogens with zero attached hydrogens (tertiary/aromatic N) is 4. The maximum atomic E-state index is 4.39. The molecule has 4 heteroatoms. The average Bonchev–Trinajstić information content (AvgIpc) is 3.17. The fraction of sp³-hybridized carbons (Fsp3) is 0.217. The topological polar surface area (TPSA) is 33.4 Å². The smallest absolute Gasteiger partial charge is 0.168 e. The quantitative estimate of drug-likeness (QED) is 0.518. The van der Waals surface area contributed by atoms with Crippen LogP contribution in [0.2, 0.25) is 0 Å². The lowest BCUT2D eigenvalue weighted by Gasteiger charge is -2.11. The van der Waals surface area contributed by atoms with Crippen molar-refractivity contribution in [2.24, 2.45) is 0 Å². The number of hydrogen-bond acceptors (Lipinski definition) is 3. The SMILES string of the molecule is CN(C)Cc1ccc(-c2ccc(CCc3ccccc3)n3cnnc23)cc1. The van der Waals surface area contributed by atoms with E-state index in [0.29, 0.717) is 0 Å². The van der Waals surface area contributed by atoms with E-state index in [1.165, 1.54) is 22.4 Å². The summed E-state index contributed by atoms with van der Waals surface area (Å²) in [4.78, 5) is 2.17. The van der Waals surface area contributed by atoms with Gasteiger partial charge in [-0.05, 0) is 55.8 Å². The van der Waals surface area contributed by atoms with E-state index in [1.807, 2.05) is 6.33 Å². The summed E-state index contributed by atoms with van der Waals surface area (Å²) < 4.78 is 2.12. The van der Waals surface area contributed by atoms with Crippen LogP contribution in [-0.4, -0.2) is 33.6 Å². The van der Waals surface area contributed by atoms with Crippen molar-refractivity contribution in [1.82, 2.24) is 19.5 Å². The van der Waals surface area contributed by atoms with E-state index in [1.54, 1.807) is 0 Å². The Balaban J connectivity index is 1.61. The molecule has 2 aromatic carbocycles. The van der Waals surface area contributed by atoms with Gasteiger partial charge in [-0.1, -0.05) is 54.6 Å². The molecule has 27 heavy (non-hydrogen) atoms. The first-order valence-electron chi connectivity index (χ1n) is 9.30. The summed E-state index contributed by atoms with van der Waals surface area (Å²) in [5.74, 6) is 0. The van der Waals surface area contributed by atoms with E-state index < -0.39 is 0 Å². The second-order valence-corrected chi connectivity index (χ2v) is 7.18. The van der Waals surface area contributed by atoms with Gasteiger partial charge in [-0.2, -0.15) is 0 Å². The van der Waals surface area contributed by atoms with Gasteiger partial charge in [0.05, 0.1) is 0 Å². The summed E-state index contributed by atoms with van der Waals surface area (Å²) in [6.45, 7) is 0.943. The Kier molecular flexibility index (Phi) is 4.99. The second-order valence-electron chi connectivity index (χ2n) is 7.18. The molecule has 0 aliphatic rings. The molecule has 2 heterocycles. The molecule has 0 aliphatic carbocycles. The monoisotopic (exact) mass is 356 g/mol. The minimum Gasteiger partial charge on any atom is -0.305 e. The van der Waals surface area contributed by atoms with Crippen LogP contribution in [0.1, 0.15) is 16.8 Å². The minimum atomic E-state index is 0.918. The number of rotatable bonds is 6. The molecule has 4 nitrogen and oxygen atoms in total. The van der Waals surface area contributed by atoms with Gasteiger partial charge in [0.25, 0.3) is 0 Å². The normalized spacial score (nSPS) is 11.4. The average molecular weight is 356 g/mol. The highest BCUT2D eigenvalue weighted by atomic mass is 15.2. The molecule has 0 bridgehead atoms. The fourth-order valence-electron chi connectivity index (χ4n) is 3.46. The van der Waals surface area contributed by atoms with Gasteiger partial charge < -0.3 is 4.90 Å². The van der Waals surface area contributed by atoms with Crippen LogP contribution in [0.15, 0.2) is 73.1 Å². The van der Waals surface area contributed by atoms with Gasteiger partial charge >= 0.3 is 0 Å². The summed E-state index contributed by atoms with van der Waals surface area (Å²) in [5, 5.41) is 8.55. The number of pyridine rings is 1. The fourth-order valence-corrected chi connectivity index (χ4v) is 3.46. The van der Waals surface area contributed by atoms with Gasteiger partial charge in [0.1, 0.15) is 6.33 Å². The first-order chi connectivity index (χ1) is 13.2. The van der Waals surface area contributed by atoms with Crippen molar-refractivity contribution < 1.29 is 0 Å². The van der Waals surface area contributed by atoms with Crippen LogP contribution in [-0.2, 0) is 19.4 Å². The van der Waals surface area contributed by atoms with Crippen LogP contribution < -0.4 is 0 Å². The maximum absolute atomic E-state index is 4.39. The van der Waals surface area contributed by atoms with Gasteiger partial charge in [0.2, 0.25) is 0 Å². The van der Waals surface area contributed by atoms with E-state index in [-0.39, 0.29) is 0 Å². The van der Waals surface area contributed by atoms with Crippen LogP contribution in [0.25, 0.3) is 16.8 Å². The van der Waals surface area contributed by atoms with Gasteiger partial charge in [-0.3, -0.25) is 4.40 Å². The molecular weight excluding hydrogens is 332 g/mol. The number of benzene rings is 2. The first-order valence-corrected chi connectivity index (χ1v) is 9.30. The van der Waals surface area contributed by atoms with Crippen LogP contribution in [0.4, 0.5) is 0 Å². The molecule has 0 radical (unpaired) electrons. The second kappa shape index (κ2) is 7.72. The molecule has 0 atom stereocenters. The third-order valence-electron chi connectivity index (χ3n) is 4.82.